The van der Waals surface area contributed by atoms with Crippen molar-refractivity contribution in [1.82, 2.24) is 10.3 Å². The smallest absolute Gasteiger partial charge is 0.0352 e. The van der Waals surface area contributed by atoms with Crippen LogP contribution < -0.4 is 5.32 Å². The highest BCUT2D eigenvalue weighted by molar-refractivity contribution is 5.27. The van der Waals surface area contributed by atoms with E-state index < -0.39 is 0 Å². The summed E-state index contributed by atoms with van der Waals surface area (Å²) in [5.74, 6) is 1.67. The van der Waals surface area contributed by atoms with Crippen LogP contribution in [0.1, 0.15) is 63.6 Å². The van der Waals surface area contributed by atoms with Crippen molar-refractivity contribution in [2.75, 3.05) is 6.54 Å². The molecule has 106 valence electrons. The second kappa shape index (κ2) is 7.04. The molecule has 0 amide bonds. The zero-order valence-electron chi connectivity index (χ0n) is 12.7. The number of pyridine rings is 1. The summed E-state index contributed by atoms with van der Waals surface area (Å²) in [4.78, 5) is 4.29. The van der Waals surface area contributed by atoms with Gasteiger partial charge in [0.25, 0.3) is 0 Å². The van der Waals surface area contributed by atoms with Crippen LogP contribution in [0.3, 0.4) is 0 Å². The van der Waals surface area contributed by atoms with E-state index in [4.69, 9.17) is 0 Å². The van der Waals surface area contributed by atoms with Crippen LogP contribution >= 0.6 is 0 Å². The molecule has 1 aliphatic rings. The standard InChI is InChI=1S/C17H28N2/c1-4-14-12-18-10-9-16(14)17(19-5-2)15-8-6-7-13(3)11-15/h9-10,12-13,15,17,19H,4-8,11H2,1-3H3. The lowest BCUT2D eigenvalue weighted by Gasteiger charge is -2.35. The topological polar surface area (TPSA) is 24.9 Å². The van der Waals surface area contributed by atoms with Gasteiger partial charge < -0.3 is 5.32 Å². The minimum atomic E-state index is 0.519. The van der Waals surface area contributed by atoms with E-state index in [2.05, 4.69) is 37.1 Å². The van der Waals surface area contributed by atoms with E-state index in [0.29, 0.717) is 6.04 Å². The molecule has 3 unspecified atom stereocenters. The predicted octanol–water partition coefficient (Wildman–Crippen LogP) is 4.12. The minimum absolute atomic E-state index is 0.519. The molecule has 2 heteroatoms. The van der Waals surface area contributed by atoms with Gasteiger partial charge in [0.2, 0.25) is 0 Å². The zero-order chi connectivity index (χ0) is 13.7. The largest absolute Gasteiger partial charge is 0.310 e. The maximum Gasteiger partial charge on any atom is 0.0352 e. The Hall–Kier alpha value is -0.890. The van der Waals surface area contributed by atoms with E-state index in [0.717, 1.165) is 24.8 Å². The van der Waals surface area contributed by atoms with Crippen molar-refractivity contribution in [2.45, 2.75) is 58.9 Å². The number of aryl methyl sites for hydroxylation is 1. The fourth-order valence-electron chi connectivity index (χ4n) is 3.57. The fraction of sp³-hybridized carbons (Fsp3) is 0.706. The Labute approximate surface area is 118 Å². The molecule has 2 rings (SSSR count). The molecule has 1 heterocycles. The molecule has 1 fully saturated rings. The number of hydrogen-bond acceptors (Lipinski definition) is 2. The van der Waals surface area contributed by atoms with Crippen molar-refractivity contribution in [2.24, 2.45) is 11.8 Å². The first-order valence-electron chi connectivity index (χ1n) is 7.92. The lowest BCUT2D eigenvalue weighted by Crippen LogP contribution is -2.32. The van der Waals surface area contributed by atoms with Crippen LogP contribution in [-0.2, 0) is 6.42 Å². The van der Waals surface area contributed by atoms with Crippen LogP contribution in [0.15, 0.2) is 18.5 Å². The van der Waals surface area contributed by atoms with Gasteiger partial charge in [0, 0.05) is 18.4 Å². The predicted molar refractivity (Wildman–Crippen MR) is 81.2 cm³/mol. The number of nitrogens with zero attached hydrogens (tertiary/aromatic N) is 1. The van der Waals surface area contributed by atoms with Crippen molar-refractivity contribution in [3.8, 4) is 0 Å². The van der Waals surface area contributed by atoms with Gasteiger partial charge in [-0.25, -0.2) is 0 Å². The van der Waals surface area contributed by atoms with Gasteiger partial charge in [0.05, 0.1) is 0 Å². The van der Waals surface area contributed by atoms with Gasteiger partial charge in [-0.1, -0.05) is 33.6 Å². The molecular weight excluding hydrogens is 232 g/mol. The Morgan fingerprint density at radius 1 is 1.37 bits per heavy atom. The first kappa shape index (κ1) is 14.5. The molecule has 0 aromatic carbocycles. The van der Waals surface area contributed by atoms with Gasteiger partial charge in [-0.2, -0.15) is 0 Å². The van der Waals surface area contributed by atoms with E-state index in [1.807, 2.05) is 12.4 Å². The van der Waals surface area contributed by atoms with Gasteiger partial charge in [-0.3, -0.25) is 4.98 Å². The molecule has 0 aliphatic heterocycles. The maximum atomic E-state index is 4.29. The normalized spacial score (nSPS) is 25.2. The minimum Gasteiger partial charge on any atom is -0.310 e. The molecule has 0 saturated heterocycles. The van der Waals surface area contributed by atoms with Crippen molar-refractivity contribution in [1.29, 1.82) is 0 Å². The Kier molecular flexibility index (Phi) is 5.38. The van der Waals surface area contributed by atoms with Crippen LogP contribution in [0.5, 0.6) is 0 Å². The van der Waals surface area contributed by atoms with Crippen molar-refractivity contribution in [3.05, 3.63) is 29.6 Å². The Morgan fingerprint density at radius 2 is 2.21 bits per heavy atom. The van der Waals surface area contributed by atoms with Crippen LogP contribution in [0.2, 0.25) is 0 Å². The van der Waals surface area contributed by atoms with E-state index in [1.54, 1.807) is 0 Å². The van der Waals surface area contributed by atoms with Crippen LogP contribution in [0.25, 0.3) is 0 Å². The number of hydrogen-bond donors (Lipinski definition) is 1. The monoisotopic (exact) mass is 260 g/mol. The van der Waals surface area contributed by atoms with Crippen LogP contribution in [0.4, 0.5) is 0 Å². The fourth-order valence-corrected chi connectivity index (χ4v) is 3.57. The quantitative estimate of drug-likeness (QED) is 0.861. The first-order chi connectivity index (χ1) is 9.26. The molecule has 1 N–H and O–H groups in total. The van der Waals surface area contributed by atoms with E-state index in [-0.39, 0.29) is 0 Å². The molecule has 19 heavy (non-hydrogen) atoms. The molecule has 1 aromatic heterocycles. The van der Waals surface area contributed by atoms with Crippen molar-refractivity contribution >= 4 is 0 Å². The molecule has 3 atom stereocenters. The molecule has 1 saturated carbocycles. The Balaban J connectivity index is 2.23. The molecule has 0 bridgehead atoms. The summed E-state index contributed by atoms with van der Waals surface area (Å²) >= 11 is 0. The summed E-state index contributed by atoms with van der Waals surface area (Å²) in [6, 6.07) is 2.75. The second-order valence-electron chi connectivity index (χ2n) is 6.00. The summed E-state index contributed by atoms with van der Waals surface area (Å²) in [6.45, 7) is 7.89. The Bertz CT molecular complexity index is 389. The molecule has 0 spiro atoms. The third kappa shape index (κ3) is 3.56. The van der Waals surface area contributed by atoms with Gasteiger partial charge >= 0.3 is 0 Å². The van der Waals surface area contributed by atoms with Crippen molar-refractivity contribution in [3.63, 3.8) is 0 Å². The summed E-state index contributed by atoms with van der Waals surface area (Å²) in [7, 11) is 0. The number of rotatable bonds is 5. The highest BCUT2D eigenvalue weighted by Crippen LogP contribution is 2.37. The summed E-state index contributed by atoms with van der Waals surface area (Å²) in [5.41, 5.74) is 2.89. The summed E-state index contributed by atoms with van der Waals surface area (Å²) < 4.78 is 0. The van der Waals surface area contributed by atoms with E-state index in [9.17, 15) is 0 Å². The molecule has 1 aromatic rings. The third-order valence-corrected chi connectivity index (χ3v) is 4.53. The van der Waals surface area contributed by atoms with Gasteiger partial charge in [0.15, 0.2) is 0 Å². The molecule has 0 radical (unpaired) electrons. The molecular formula is C17H28N2. The maximum absolute atomic E-state index is 4.29. The first-order valence-corrected chi connectivity index (χ1v) is 7.92. The van der Waals surface area contributed by atoms with Gasteiger partial charge in [0.1, 0.15) is 0 Å². The van der Waals surface area contributed by atoms with Crippen molar-refractivity contribution < 1.29 is 0 Å². The van der Waals surface area contributed by atoms with Crippen LogP contribution in [0, 0.1) is 11.8 Å². The zero-order valence-corrected chi connectivity index (χ0v) is 12.7. The van der Waals surface area contributed by atoms with E-state index in [1.165, 1.54) is 36.8 Å². The number of aromatic nitrogens is 1. The van der Waals surface area contributed by atoms with Gasteiger partial charge in [-0.05, 0) is 54.8 Å². The van der Waals surface area contributed by atoms with Gasteiger partial charge in [-0.15, -0.1) is 0 Å². The molecule has 1 aliphatic carbocycles. The average Bonchev–Trinajstić information content (AvgIpc) is 2.45. The summed E-state index contributed by atoms with van der Waals surface area (Å²) in [5, 5.41) is 3.74. The van der Waals surface area contributed by atoms with E-state index >= 15 is 0 Å². The highest BCUT2D eigenvalue weighted by Gasteiger charge is 2.28. The Morgan fingerprint density at radius 3 is 2.89 bits per heavy atom. The lowest BCUT2D eigenvalue weighted by atomic mass is 9.76. The average molecular weight is 260 g/mol. The third-order valence-electron chi connectivity index (χ3n) is 4.53. The number of nitrogens with one attached hydrogen (secondary N) is 1. The molecule has 2 nitrogen and oxygen atoms in total. The summed E-state index contributed by atoms with van der Waals surface area (Å²) in [6.07, 6.45) is 10.6. The van der Waals surface area contributed by atoms with Crippen LogP contribution in [-0.4, -0.2) is 11.5 Å². The highest BCUT2D eigenvalue weighted by atomic mass is 14.9. The lowest BCUT2D eigenvalue weighted by molar-refractivity contribution is 0.224. The second-order valence-corrected chi connectivity index (χ2v) is 6.00. The SMILES string of the molecule is CCNC(c1ccncc1CC)C1CCCC(C)C1.